The third-order valence-electron chi connectivity index (χ3n) is 5.99. The van der Waals surface area contributed by atoms with Gasteiger partial charge in [-0.3, -0.25) is 9.52 Å². The van der Waals surface area contributed by atoms with Crippen LogP contribution in [0.5, 0.6) is 11.5 Å². The maximum atomic E-state index is 13.3. The SMILES string of the molecule is CC(=O)c1cccc(S(=O)(=O)Nc2cc(-c3c(O)ccc4ccccc34)c(O)c3ccccc23)c1. The maximum Gasteiger partial charge on any atom is 0.261 e. The van der Waals surface area contributed by atoms with E-state index in [2.05, 4.69) is 4.72 Å². The molecule has 5 rings (SSSR count). The molecule has 0 bridgehead atoms. The van der Waals surface area contributed by atoms with Crippen LogP contribution in [0.25, 0.3) is 32.7 Å². The minimum absolute atomic E-state index is 0.0442. The summed E-state index contributed by atoms with van der Waals surface area (Å²) in [5, 5.41) is 24.4. The van der Waals surface area contributed by atoms with Gasteiger partial charge in [0.2, 0.25) is 0 Å². The predicted molar refractivity (Wildman–Crippen MR) is 137 cm³/mol. The van der Waals surface area contributed by atoms with Gasteiger partial charge >= 0.3 is 0 Å². The molecule has 0 saturated heterocycles. The van der Waals surface area contributed by atoms with E-state index in [4.69, 9.17) is 0 Å². The van der Waals surface area contributed by atoms with Crippen molar-refractivity contribution in [2.24, 2.45) is 0 Å². The summed E-state index contributed by atoms with van der Waals surface area (Å²) in [5.41, 5.74) is 1.19. The fourth-order valence-corrected chi connectivity index (χ4v) is 5.38. The third-order valence-corrected chi connectivity index (χ3v) is 7.35. The zero-order valence-corrected chi connectivity index (χ0v) is 19.5. The Hall–Kier alpha value is -4.36. The number of nitrogens with one attached hydrogen (secondary N) is 1. The van der Waals surface area contributed by atoms with Gasteiger partial charge < -0.3 is 10.2 Å². The average molecular weight is 484 g/mol. The van der Waals surface area contributed by atoms with E-state index in [1.807, 2.05) is 24.3 Å². The summed E-state index contributed by atoms with van der Waals surface area (Å²) >= 11 is 0. The number of fused-ring (bicyclic) bond motifs is 2. The standard InChI is InChI=1S/C28H21NO5S/c1-17(30)19-8-6-9-20(15-19)35(33,34)29-25-16-24(28(32)23-12-5-4-11-22(23)25)27-21-10-3-2-7-18(21)13-14-26(27)31/h2-16,29,31-32H,1H3. The Kier molecular flexibility index (Phi) is 5.42. The van der Waals surface area contributed by atoms with Crippen molar-refractivity contribution in [1.29, 1.82) is 0 Å². The molecule has 0 amide bonds. The highest BCUT2D eigenvalue weighted by Gasteiger charge is 2.22. The molecule has 5 aromatic carbocycles. The van der Waals surface area contributed by atoms with Crippen molar-refractivity contribution in [1.82, 2.24) is 0 Å². The van der Waals surface area contributed by atoms with Crippen LogP contribution >= 0.6 is 0 Å². The smallest absolute Gasteiger partial charge is 0.261 e. The molecule has 0 aliphatic heterocycles. The van der Waals surface area contributed by atoms with Gasteiger partial charge in [0.25, 0.3) is 10.0 Å². The summed E-state index contributed by atoms with van der Waals surface area (Å²) < 4.78 is 29.2. The number of benzene rings is 5. The second-order valence-electron chi connectivity index (χ2n) is 8.24. The highest BCUT2D eigenvalue weighted by Crippen LogP contribution is 2.46. The normalized spacial score (nSPS) is 11.6. The fourth-order valence-electron chi connectivity index (χ4n) is 4.26. The van der Waals surface area contributed by atoms with Crippen LogP contribution in [0.2, 0.25) is 0 Å². The summed E-state index contributed by atoms with van der Waals surface area (Å²) in [6.07, 6.45) is 0. The van der Waals surface area contributed by atoms with Gasteiger partial charge in [0.1, 0.15) is 11.5 Å². The Morgan fingerprint density at radius 1 is 0.771 bits per heavy atom. The minimum atomic E-state index is -4.07. The molecular weight excluding hydrogens is 462 g/mol. The number of hydrogen-bond acceptors (Lipinski definition) is 5. The van der Waals surface area contributed by atoms with E-state index in [-0.39, 0.29) is 39.0 Å². The third kappa shape index (κ3) is 3.96. The molecule has 0 aliphatic rings. The van der Waals surface area contributed by atoms with Gasteiger partial charge in [0.05, 0.1) is 10.6 Å². The number of carbonyl (C=O) groups is 1. The van der Waals surface area contributed by atoms with Crippen molar-refractivity contribution in [2.75, 3.05) is 4.72 Å². The van der Waals surface area contributed by atoms with Crippen LogP contribution in [0, 0.1) is 0 Å². The van der Waals surface area contributed by atoms with Crippen LogP contribution in [-0.4, -0.2) is 24.4 Å². The van der Waals surface area contributed by atoms with E-state index in [0.29, 0.717) is 21.7 Å². The minimum Gasteiger partial charge on any atom is -0.507 e. The van der Waals surface area contributed by atoms with Gasteiger partial charge in [-0.05, 0) is 42.0 Å². The first-order valence-electron chi connectivity index (χ1n) is 10.9. The molecule has 0 saturated carbocycles. The van der Waals surface area contributed by atoms with E-state index < -0.39 is 10.0 Å². The van der Waals surface area contributed by atoms with Crippen LogP contribution in [0.15, 0.2) is 95.9 Å². The first kappa shape index (κ1) is 22.4. The number of carbonyl (C=O) groups excluding carboxylic acids is 1. The molecule has 0 unspecified atom stereocenters. The summed E-state index contributed by atoms with van der Waals surface area (Å²) in [4.78, 5) is 11.7. The van der Waals surface area contributed by atoms with E-state index in [1.54, 1.807) is 42.5 Å². The number of ketones is 1. The summed E-state index contributed by atoms with van der Waals surface area (Å²) in [6, 6.07) is 24.9. The largest absolute Gasteiger partial charge is 0.507 e. The number of sulfonamides is 1. The zero-order chi connectivity index (χ0) is 24.7. The lowest BCUT2D eigenvalue weighted by atomic mass is 9.93. The monoisotopic (exact) mass is 483 g/mol. The van der Waals surface area contributed by atoms with E-state index in [0.717, 1.165) is 5.39 Å². The molecule has 0 heterocycles. The highest BCUT2D eigenvalue weighted by atomic mass is 32.2. The van der Waals surface area contributed by atoms with Gasteiger partial charge in [-0.15, -0.1) is 0 Å². The lowest BCUT2D eigenvalue weighted by Gasteiger charge is -2.17. The molecule has 0 aliphatic carbocycles. The first-order chi connectivity index (χ1) is 16.8. The zero-order valence-electron chi connectivity index (χ0n) is 18.7. The predicted octanol–water partition coefficient (Wildman–Crippen LogP) is 6.07. The van der Waals surface area contributed by atoms with Crippen LogP contribution in [-0.2, 0) is 10.0 Å². The molecular formula is C28H21NO5S. The summed E-state index contributed by atoms with van der Waals surface area (Å²) in [7, 11) is -4.07. The van der Waals surface area contributed by atoms with Gasteiger partial charge in [0.15, 0.2) is 5.78 Å². The Bertz CT molecular complexity index is 1740. The van der Waals surface area contributed by atoms with Crippen LogP contribution in [0.1, 0.15) is 17.3 Å². The molecule has 0 radical (unpaired) electrons. The number of aromatic hydroxyl groups is 2. The van der Waals surface area contributed by atoms with Crippen molar-refractivity contribution in [2.45, 2.75) is 11.8 Å². The van der Waals surface area contributed by atoms with Crippen molar-refractivity contribution >= 4 is 43.0 Å². The van der Waals surface area contributed by atoms with Gasteiger partial charge in [-0.25, -0.2) is 8.42 Å². The van der Waals surface area contributed by atoms with Crippen molar-refractivity contribution in [3.63, 3.8) is 0 Å². The van der Waals surface area contributed by atoms with Crippen LogP contribution < -0.4 is 4.72 Å². The number of hydrogen-bond donors (Lipinski definition) is 3. The number of Topliss-reactive ketones (excluding diaryl/α,β-unsaturated/α-hetero) is 1. The van der Waals surface area contributed by atoms with E-state index in [1.165, 1.54) is 31.2 Å². The molecule has 3 N–H and O–H groups in total. The van der Waals surface area contributed by atoms with Gasteiger partial charge in [0, 0.05) is 27.5 Å². The molecule has 0 atom stereocenters. The lowest BCUT2D eigenvalue weighted by molar-refractivity contribution is 0.101. The Labute approximate surface area is 202 Å². The number of anilines is 1. The Balaban J connectivity index is 1.74. The topological polar surface area (TPSA) is 104 Å². The molecule has 0 fully saturated rings. The van der Waals surface area contributed by atoms with Crippen molar-refractivity contribution in [3.05, 3.63) is 96.6 Å². The number of phenols is 2. The quantitative estimate of drug-likeness (QED) is 0.208. The second-order valence-corrected chi connectivity index (χ2v) is 9.92. The summed E-state index contributed by atoms with van der Waals surface area (Å²) in [6.45, 7) is 1.37. The average Bonchev–Trinajstić information content (AvgIpc) is 2.86. The number of rotatable bonds is 5. The van der Waals surface area contributed by atoms with Gasteiger partial charge in [-0.2, -0.15) is 0 Å². The molecule has 0 spiro atoms. The van der Waals surface area contributed by atoms with E-state index in [9.17, 15) is 23.4 Å². The number of phenolic OH excluding ortho intramolecular Hbond substituents is 2. The molecule has 174 valence electrons. The van der Waals surface area contributed by atoms with E-state index >= 15 is 0 Å². The molecule has 6 nitrogen and oxygen atoms in total. The maximum absolute atomic E-state index is 13.3. The second kappa shape index (κ2) is 8.45. The molecule has 0 aromatic heterocycles. The Morgan fingerprint density at radius 3 is 2.20 bits per heavy atom. The van der Waals surface area contributed by atoms with Crippen molar-refractivity contribution in [3.8, 4) is 22.6 Å². The molecule has 35 heavy (non-hydrogen) atoms. The Morgan fingerprint density at radius 2 is 1.46 bits per heavy atom. The van der Waals surface area contributed by atoms with Crippen molar-refractivity contribution < 1.29 is 23.4 Å². The van der Waals surface area contributed by atoms with Crippen LogP contribution in [0.4, 0.5) is 5.69 Å². The fraction of sp³-hybridized carbons (Fsp3) is 0.0357. The van der Waals surface area contributed by atoms with Crippen LogP contribution in [0.3, 0.4) is 0 Å². The first-order valence-corrected chi connectivity index (χ1v) is 12.3. The highest BCUT2D eigenvalue weighted by molar-refractivity contribution is 7.92. The summed E-state index contributed by atoms with van der Waals surface area (Å²) in [5.74, 6) is -0.364. The lowest BCUT2D eigenvalue weighted by Crippen LogP contribution is -2.14. The molecule has 7 heteroatoms. The van der Waals surface area contributed by atoms with Gasteiger partial charge in [-0.1, -0.05) is 66.7 Å². The molecule has 5 aromatic rings.